The molecule has 1 amide bonds. The minimum Gasteiger partial charge on any atom is -0.366 e. The monoisotopic (exact) mass is 515 g/mol. The Hall–Kier alpha value is -4.55. The Balaban J connectivity index is 1.68. The molecule has 6 nitrogen and oxygen atoms in total. The molecule has 196 valence electrons. The van der Waals surface area contributed by atoms with Crippen molar-refractivity contribution in [3.05, 3.63) is 114 Å². The minimum absolute atomic E-state index is 0.451. The zero-order valence-electron chi connectivity index (χ0n) is 22.6. The molecule has 0 aliphatic rings. The summed E-state index contributed by atoms with van der Waals surface area (Å²) in [5, 5.41) is 0.986. The van der Waals surface area contributed by atoms with Crippen LogP contribution in [0.15, 0.2) is 103 Å². The van der Waals surface area contributed by atoms with Crippen LogP contribution in [0.2, 0.25) is 0 Å². The van der Waals surface area contributed by atoms with Gasteiger partial charge in [0.25, 0.3) is 0 Å². The van der Waals surface area contributed by atoms with E-state index in [0.717, 1.165) is 46.5 Å². The number of benzene rings is 4. The molecule has 0 spiro atoms. The summed E-state index contributed by atoms with van der Waals surface area (Å²) in [6.45, 7) is 5.27. The number of carbonyl (C=O) groups is 1. The first-order valence-electron chi connectivity index (χ1n) is 13.3. The van der Waals surface area contributed by atoms with Crippen molar-refractivity contribution in [1.82, 2.24) is 14.9 Å². The normalized spacial score (nSPS) is 12.0. The van der Waals surface area contributed by atoms with Crippen LogP contribution in [0.1, 0.15) is 36.2 Å². The first kappa shape index (κ1) is 26.1. The van der Waals surface area contributed by atoms with Gasteiger partial charge >= 0.3 is 0 Å². The van der Waals surface area contributed by atoms with Crippen LogP contribution in [0.5, 0.6) is 0 Å². The number of amides is 1. The van der Waals surface area contributed by atoms with Crippen molar-refractivity contribution < 1.29 is 4.79 Å². The van der Waals surface area contributed by atoms with Crippen LogP contribution >= 0.6 is 0 Å². The highest BCUT2D eigenvalue weighted by molar-refractivity contribution is 5.95. The number of aromatic nitrogens is 2. The fourth-order valence-corrected chi connectivity index (χ4v) is 4.68. The number of primary amides is 1. The molecular formula is C33H33N5O. The van der Waals surface area contributed by atoms with Crippen molar-refractivity contribution in [3.8, 4) is 11.3 Å². The van der Waals surface area contributed by atoms with E-state index in [1.54, 1.807) is 12.1 Å². The maximum Gasteiger partial charge on any atom is 0.248 e. The summed E-state index contributed by atoms with van der Waals surface area (Å²) in [6.07, 6.45) is 1.09. The van der Waals surface area contributed by atoms with E-state index in [2.05, 4.69) is 68.3 Å². The van der Waals surface area contributed by atoms with Gasteiger partial charge in [0, 0.05) is 40.5 Å². The highest BCUT2D eigenvalue weighted by Gasteiger charge is 2.20. The summed E-state index contributed by atoms with van der Waals surface area (Å²) in [5.74, 6) is 0.0864. The lowest BCUT2D eigenvalue weighted by Crippen LogP contribution is -2.27. The van der Waals surface area contributed by atoms with Gasteiger partial charge in [0.05, 0.1) is 11.2 Å². The zero-order chi connectivity index (χ0) is 27.4. The third kappa shape index (κ3) is 5.66. The molecule has 39 heavy (non-hydrogen) atoms. The summed E-state index contributed by atoms with van der Waals surface area (Å²) in [5.41, 5.74) is 11.7. The number of nitrogens with zero attached hydrogens (tertiary/aromatic N) is 4. The third-order valence-corrected chi connectivity index (χ3v) is 7.19. The SMILES string of the molecule is CCC(C)N(C)Cc1cccc(N(c2ccc(C(N)=O)cc2)c2nc(-c3ccccc3)c3ccccc3n2)c1. The van der Waals surface area contributed by atoms with Crippen LogP contribution in [-0.2, 0) is 6.54 Å². The average Bonchev–Trinajstić information content (AvgIpc) is 2.97. The maximum absolute atomic E-state index is 11.8. The molecule has 0 radical (unpaired) electrons. The fourth-order valence-electron chi connectivity index (χ4n) is 4.68. The molecule has 1 atom stereocenters. The number of para-hydroxylation sites is 1. The van der Waals surface area contributed by atoms with Gasteiger partial charge in [-0.25, -0.2) is 9.97 Å². The van der Waals surface area contributed by atoms with Crippen molar-refractivity contribution in [2.24, 2.45) is 5.73 Å². The van der Waals surface area contributed by atoms with E-state index in [9.17, 15) is 4.79 Å². The molecule has 1 heterocycles. The average molecular weight is 516 g/mol. The molecular weight excluding hydrogens is 482 g/mol. The van der Waals surface area contributed by atoms with Gasteiger partial charge in [-0.05, 0) is 68.4 Å². The molecule has 0 aliphatic carbocycles. The second-order valence-corrected chi connectivity index (χ2v) is 9.84. The van der Waals surface area contributed by atoms with Gasteiger partial charge in [0.2, 0.25) is 11.9 Å². The molecule has 0 bridgehead atoms. The summed E-state index contributed by atoms with van der Waals surface area (Å²) in [7, 11) is 2.15. The first-order chi connectivity index (χ1) is 18.9. The number of nitrogens with two attached hydrogens (primary N) is 1. The quantitative estimate of drug-likeness (QED) is 0.227. The molecule has 0 saturated carbocycles. The van der Waals surface area contributed by atoms with Crippen LogP contribution in [-0.4, -0.2) is 33.9 Å². The summed E-state index contributed by atoms with van der Waals surface area (Å²) in [4.78, 5) is 26.3. The van der Waals surface area contributed by atoms with Crippen LogP contribution < -0.4 is 10.6 Å². The molecule has 1 unspecified atom stereocenters. The molecule has 1 aromatic heterocycles. The predicted molar refractivity (Wildman–Crippen MR) is 159 cm³/mol. The van der Waals surface area contributed by atoms with Crippen molar-refractivity contribution >= 4 is 34.1 Å². The Kier molecular flexibility index (Phi) is 7.66. The van der Waals surface area contributed by atoms with Crippen molar-refractivity contribution in [2.75, 3.05) is 11.9 Å². The molecule has 4 aromatic carbocycles. The van der Waals surface area contributed by atoms with Crippen LogP contribution in [0, 0.1) is 0 Å². The van der Waals surface area contributed by atoms with Gasteiger partial charge in [-0.1, -0.05) is 67.6 Å². The zero-order valence-corrected chi connectivity index (χ0v) is 22.6. The molecule has 0 saturated heterocycles. The van der Waals surface area contributed by atoms with Gasteiger partial charge in [-0.3, -0.25) is 14.6 Å². The second-order valence-electron chi connectivity index (χ2n) is 9.84. The van der Waals surface area contributed by atoms with E-state index >= 15 is 0 Å². The molecule has 2 N–H and O–H groups in total. The standard InChI is InChI=1S/C33H33N5O/c1-4-23(2)37(3)22-24-11-10-14-28(21-24)38(27-19-17-26(18-20-27)32(34)39)33-35-30-16-9-8-15-29(30)31(36-33)25-12-6-5-7-13-25/h5-21,23H,4,22H2,1-3H3,(H2,34,39). The summed E-state index contributed by atoms with van der Waals surface area (Å²) >= 11 is 0. The van der Waals surface area contributed by atoms with Crippen molar-refractivity contribution in [3.63, 3.8) is 0 Å². The van der Waals surface area contributed by atoms with E-state index in [0.29, 0.717) is 17.6 Å². The van der Waals surface area contributed by atoms with Crippen LogP contribution in [0.25, 0.3) is 22.2 Å². The second kappa shape index (κ2) is 11.5. The molecule has 0 aliphatic heterocycles. The van der Waals surface area contributed by atoms with Crippen molar-refractivity contribution in [1.29, 1.82) is 0 Å². The van der Waals surface area contributed by atoms with Gasteiger partial charge in [0.15, 0.2) is 0 Å². The molecule has 6 heteroatoms. The Morgan fingerprint density at radius 3 is 2.28 bits per heavy atom. The number of hydrogen-bond donors (Lipinski definition) is 1. The Morgan fingerprint density at radius 2 is 1.56 bits per heavy atom. The molecule has 5 aromatic rings. The van der Waals surface area contributed by atoms with E-state index < -0.39 is 5.91 Å². The largest absolute Gasteiger partial charge is 0.366 e. The Labute approximate surface area is 229 Å². The van der Waals surface area contributed by atoms with E-state index in [-0.39, 0.29) is 0 Å². The minimum atomic E-state index is -0.462. The maximum atomic E-state index is 11.8. The highest BCUT2D eigenvalue weighted by Crippen LogP contribution is 2.36. The molecule has 0 fully saturated rings. The summed E-state index contributed by atoms with van der Waals surface area (Å²) < 4.78 is 0. The van der Waals surface area contributed by atoms with Gasteiger partial charge in [-0.15, -0.1) is 0 Å². The predicted octanol–water partition coefficient (Wildman–Crippen LogP) is 7.10. The number of rotatable bonds is 9. The lowest BCUT2D eigenvalue weighted by Gasteiger charge is -2.26. The highest BCUT2D eigenvalue weighted by atomic mass is 16.1. The van der Waals surface area contributed by atoms with Gasteiger partial charge in [-0.2, -0.15) is 0 Å². The number of hydrogen-bond acceptors (Lipinski definition) is 5. The number of fused-ring (bicyclic) bond motifs is 1. The fraction of sp³-hybridized carbons (Fsp3) is 0.182. The van der Waals surface area contributed by atoms with Crippen LogP contribution in [0.3, 0.4) is 0 Å². The lowest BCUT2D eigenvalue weighted by molar-refractivity contribution is 0.100. The summed E-state index contributed by atoms with van der Waals surface area (Å²) in [6, 6.07) is 34.4. The Bertz CT molecular complexity index is 1580. The van der Waals surface area contributed by atoms with E-state index in [1.165, 1.54) is 5.56 Å². The van der Waals surface area contributed by atoms with E-state index in [1.807, 2.05) is 53.4 Å². The van der Waals surface area contributed by atoms with Crippen molar-refractivity contribution in [2.45, 2.75) is 32.9 Å². The first-order valence-corrected chi connectivity index (χ1v) is 13.3. The van der Waals surface area contributed by atoms with Gasteiger partial charge in [0.1, 0.15) is 0 Å². The van der Waals surface area contributed by atoms with Crippen LogP contribution in [0.4, 0.5) is 17.3 Å². The lowest BCUT2D eigenvalue weighted by atomic mass is 10.1. The van der Waals surface area contributed by atoms with E-state index in [4.69, 9.17) is 15.7 Å². The Morgan fingerprint density at radius 1 is 0.846 bits per heavy atom. The third-order valence-electron chi connectivity index (χ3n) is 7.19. The number of carbonyl (C=O) groups excluding carboxylic acids is 1. The topological polar surface area (TPSA) is 75.3 Å². The molecule has 5 rings (SSSR count). The van der Waals surface area contributed by atoms with Gasteiger partial charge < -0.3 is 5.73 Å². The number of anilines is 3. The smallest absolute Gasteiger partial charge is 0.248 e.